The van der Waals surface area contributed by atoms with Crippen molar-refractivity contribution in [3.63, 3.8) is 0 Å². The maximum Gasteiger partial charge on any atom is 0.359 e. The van der Waals surface area contributed by atoms with Gasteiger partial charge in [-0.05, 0) is 38.8 Å². The predicted octanol–water partition coefficient (Wildman–Crippen LogP) is 4.10. The molecule has 0 unspecified atom stereocenters. The van der Waals surface area contributed by atoms with Crippen molar-refractivity contribution in [3.05, 3.63) is 47.4 Å². The minimum absolute atomic E-state index is 0.0110. The standard InChI is InChI=1S/C22H27N3O3/c1-5-11-16-18(21(26)24(6-2)7-3)15-12-9-10-13-17(15)25-14-23-19(20(16)25)22(27)28-8-4/h9-10,12-14H,5-8,11H2,1-4H3. The summed E-state index contributed by atoms with van der Waals surface area (Å²) in [5, 5.41) is 0.878. The lowest BCUT2D eigenvalue weighted by Crippen LogP contribution is -2.31. The average Bonchev–Trinajstić information content (AvgIpc) is 3.15. The first kappa shape index (κ1) is 19.9. The molecular weight excluding hydrogens is 354 g/mol. The van der Waals surface area contributed by atoms with Gasteiger partial charge in [0.1, 0.15) is 6.33 Å². The number of carbonyl (C=O) groups is 2. The number of pyridine rings is 1. The molecule has 0 saturated carbocycles. The van der Waals surface area contributed by atoms with E-state index in [2.05, 4.69) is 11.9 Å². The van der Waals surface area contributed by atoms with Crippen LogP contribution in [-0.2, 0) is 11.2 Å². The maximum absolute atomic E-state index is 13.5. The summed E-state index contributed by atoms with van der Waals surface area (Å²) in [6, 6.07) is 7.78. The van der Waals surface area contributed by atoms with Gasteiger partial charge in [-0.25, -0.2) is 9.78 Å². The van der Waals surface area contributed by atoms with Crippen LogP contribution in [0.25, 0.3) is 16.4 Å². The number of hydrogen-bond acceptors (Lipinski definition) is 4. The van der Waals surface area contributed by atoms with Gasteiger partial charge in [-0.15, -0.1) is 0 Å². The summed E-state index contributed by atoms with van der Waals surface area (Å²) >= 11 is 0. The topological polar surface area (TPSA) is 63.9 Å². The Morgan fingerprint density at radius 3 is 2.46 bits per heavy atom. The molecular formula is C22H27N3O3. The minimum Gasteiger partial charge on any atom is -0.461 e. The van der Waals surface area contributed by atoms with Crippen LogP contribution in [0.1, 0.15) is 60.5 Å². The van der Waals surface area contributed by atoms with E-state index in [4.69, 9.17) is 4.74 Å². The zero-order valence-electron chi connectivity index (χ0n) is 17.0. The zero-order valence-corrected chi connectivity index (χ0v) is 17.0. The van der Waals surface area contributed by atoms with Crippen molar-refractivity contribution in [2.75, 3.05) is 19.7 Å². The van der Waals surface area contributed by atoms with E-state index in [1.807, 2.05) is 47.4 Å². The Bertz CT molecular complexity index is 1020. The highest BCUT2D eigenvalue weighted by Crippen LogP contribution is 2.31. The van der Waals surface area contributed by atoms with Gasteiger partial charge >= 0.3 is 5.97 Å². The van der Waals surface area contributed by atoms with Crippen LogP contribution in [0.15, 0.2) is 30.6 Å². The van der Waals surface area contributed by atoms with Crippen LogP contribution in [0.4, 0.5) is 0 Å². The Hall–Kier alpha value is -2.89. The highest BCUT2D eigenvalue weighted by atomic mass is 16.5. The summed E-state index contributed by atoms with van der Waals surface area (Å²) in [5.74, 6) is -0.470. The van der Waals surface area contributed by atoms with Crippen LogP contribution in [0.3, 0.4) is 0 Å². The van der Waals surface area contributed by atoms with E-state index in [1.165, 1.54) is 0 Å². The van der Waals surface area contributed by atoms with Gasteiger partial charge in [0.25, 0.3) is 5.91 Å². The lowest BCUT2D eigenvalue weighted by molar-refractivity contribution is 0.0522. The van der Waals surface area contributed by atoms with Crippen molar-refractivity contribution in [2.24, 2.45) is 0 Å². The molecule has 3 aromatic rings. The fourth-order valence-corrected chi connectivity index (χ4v) is 3.75. The number of para-hydroxylation sites is 1. The van der Waals surface area contributed by atoms with Crippen molar-refractivity contribution in [1.82, 2.24) is 14.3 Å². The van der Waals surface area contributed by atoms with Crippen LogP contribution in [-0.4, -0.2) is 45.9 Å². The van der Waals surface area contributed by atoms with Gasteiger partial charge in [-0.3, -0.25) is 9.20 Å². The Morgan fingerprint density at radius 2 is 1.82 bits per heavy atom. The number of carbonyl (C=O) groups excluding carboxylic acids is 2. The Labute approximate surface area is 165 Å². The average molecular weight is 381 g/mol. The number of esters is 1. The van der Waals surface area contributed by atoms with E-state index < -0.39 is 5.97 Å². The molecule has 6 heteroatoms. The van der Waals surface area contributed by atoms with E-state index >= 15 is 0 Å². The van der Waals surface area contributed by atoms with Crippen LogP contribution in [0, 0.1) is 0 Å². The fraction of sp³-hybridized carbons (Fsp3) is 0.409. The molecule has 28 heavy (non-hydrogen) atoms. The molecule has 2 aromatic heterocycles. The quantitative estimate of drug-likeness (QED) is 0.578. The molecule has 2 heterocycles. The van der Waals surface area contributed by atoms with Crippen molar-refractivity contribution in [1.29, 1.82) is 0 Å². The van der Waals surface area contributed by atoms with E-state index in [9.17, 15) is 9.59 Å². The lowest BCUT2D eigenvalue weighted by atomic mass is 9.96. The Balaban J connectivity index is 2.44. The molecule has 0 aliphatic carbocycles. The Morgan fingerprint density at radius 1 is 1.11 bits per heavy atom. The molecule has 0 saturated heterocycles. The number of benzene rings is 1. The number of ether oxygens (including phenoxy) is 1. The molecule has 3 rings (SSSR count). The first-order chi connectivity index (χ1) is 13.6. The number of fused-ring (bicyclic) bond motifs is 3. The SMILES string of the molecule is CCCc1c(C(=O)N(CC)CC)c2ccccc2n2cnc(C(=O)OCC)c12. The molecule has 0 spiro atoms. The molecule has 1 aromatic carbocycles. The molecule has 0 bridgehead atoms. The van der Waals surface area contributed by atoms with Gasteiger partial charge in [0, 0.05) is 18.5 Å². The number of nitrogens with zero attached hydrogens (tertiary/aromatic N) is 3. The normalized spacial score (nSPS) is 11.1. The predicted molar refractivity (Wildman–Crippen MR) is 110 cm³/mol. The van der Waals surface area contributed by atoms with Crippen LogP contribution in [0.2, 0.25) is 0 Å². The Kier molecular flexibility index (Phi) is 5.97. The summed E-state index contributed by atoms with van der Waals surface area (Å²) in [7, 11) is 0. The van der Waals surface area contributed by atoms with Gasteiger partial charge < -0.3 is 9.64 Å². The summed E-state index contributed by atoms with van der Waals surface area (Å²) in [5.41, 5.74) is 3.33. The van der Waals surface area contributed by atoms with Crippen molar-refractivity contribution in [3.8, 4) is 0 Å². The van der Waals surface area contributed by atoms with E-state index in [0.717, 1.165) is 22.9 Å². The van der Waals surface area contributed by atoms with Crippen molar-refractivity contribution < 1.29 is 14.3 Å². The molecule has 1 amide bonds. The molecule has 6 nitrogen and oxygen atoms in total. The monoisotopic (exact) mass is 381 g/mol. The highest BCUT2D eigenvalue weighted by Gasteiger charge is 2.26. The smallest absolute Gasteiger partial charge is 0.359 e. The van der Waals surface area contributed by atoms with E-state index in [-0.39, 0.29) is 18.2 Å². The molecule has 0 aliphatic rings. The number of hydrogen-bond donors (Lipinski definition) is 0. The summed E-state index contributed by atoms with van der Waals surface area (Å²) in [6.07, 6.45) is 3.17. The molecule has 0 fully saturated rings. The van der Waals surface area contributed by atoms with Crippen molar-refractivity contribution >= 4 is 28.3 Å². The zero-order chi connectivity index (χ0) is 20.3. The third-order valence-corrected chi connectivity index (χ3v) is 5.02. The largest absolute Gasteiger partial charge is 0.461 e. The number of imidazole rings is 1. The number of rotatable bonds is 7. The first-order valence-electron chi connectivity index (χ1n) is 9.95. The van der Waals surface area contributed by atoms with E-state index in [0.29, 0.717) is 30.6 Å². The van der Waals surface area contributed by atoms with Gasteiger partial charge in [-0.2, -0.15) is 0 Å². The molecule has 0 radical (unpaired) electrons. The number of aryl methyl sites for hydroxylation is 1. The van der Waals surface area contributed by atoms with Gasteiger partial charge in [0.05, 0.1) is 23.2 Å². The molecule has 0 aliphatic heterocycles. The highest BCUT2D eigenvalue weighted by molar-refractivity contribution is 6.11. The number of amides is 1. The summed E-state index contributed by atoms with van der Waals surface area (Å²) in [4.78, 5) is 32.2. The van der Waals surface area contributed by atoms with Crippen LogP contribution in [0.5, 0.6) is 0 Å². The minimum atomic E-state index is -0.459. The van der Waals surface area contributed by atoms with Gasteiger partial charge in [0.15, 0.2) is 5.69 Å². The number of aromatic nitrogens is 2. The van der Waals surface area contributed by atoms with Gasteiger partial charge in [-0.1, -0.05) is 31.5 Å². The molecule has 148 valence electrons. The maximum atomic E-state index is 13.5. The van der Waals surface area contributed by atoms with Crippen LogP contribution < -0.4 is 0 Å². The summed E-state index contributed by atoms with van der Waals surface area (Å²) in [6.45, 7) is 9.33. The summed E-state index contributed by atoms with van der Waals surface area (Å²) < 4.78 is 7.13. The second kappa shape index (κ2) is 8.42. The lowest BCUT2D eigenvalue weighted by Gasteiger charge is -2.23. The fourth-order valence-electron chi connectivity index (χ4n) is 3.75. The van der Waals surface area contributed by atoms with E-state index in [1.54, 1.807) is 13.3 Å². The van der Waals surface area contributed by atoms with Crippen LogP contribution >= 0.6 is 0 Å². The third kappa shape index (κ3) is 3.23. The second-order valence-electron chi connectivity index (χ2n) is 6.63. The molecule has 0 N–H and O–H groups in total. The third-order valence-electron chi connectivity index (χ3n) is 5.02. The second-order valence-corrected chi connectivity index (χ2v) is 6.63. The molecule has 0 atom stereocenters. The van der Waals surface area contributed by atoms with Gasteiger partial charge in [0.2, 0.25) is 0 Å². The van der Waals surface area contributed by atoms with Crippen molar-refractivity contribution in [2.45, 2.75) is 40.5 Å². The first-order valence-corrected chi connectivity index (χ1v) is 9.95.